The van der Waals surface area contributed by atoms with Gasteiger partial charge in [0.15, 0.2) is 0 Å². The molecule has 1 N–H and O–H groups in total. The van der Waals surface area contributed by atoms with Crippen molar-refractivity contribution in [3.63, 3.8) is 0 Å². The van der Waals surface area contributed by atoms with Gasteiger partial charge in [-0.05, 0) is 25.0 Å². The van der Waals surface area contributed by atoms with E-state index in [9.17, 15) is 8.42 Å². The second-order valence-electron chi connectivity index (χ2n) is 5.79. The Morgan fingerprint density at radius 1 is 1.23 bits per heavy atom. The van der Waals surface area contributed by atoms with Gasteiger partial charge in [-0.25, -0.2) is 4.72 Å². The van der Waals surface area contributed by atoms with E-state index in [0.717, 1.165) is 13.0 Å². The quantitative estimate of drug-likeness (QED) is 0.861. The normalized spacial score (nSPS) is 20.9. The molecular weight excluding hydrogens is 302 g/mol. The number of morpholine rings is 1. The number of hydrogen-bond donors (Lipinski definition) is 1. The lowest BCUT2D eigenvalue weighted by molar-refractivity contribution is 0.0725. The highest BCUT2D eigenvalue weighted by atomic mass is 32.2. The van der Waals surface area contributed by atoms with Crippen molar-refractivity contribution in [1.29, 1.82) is 0 Å². The Kier molecular flexibility index (Phi) is 4.67. The molecule has 1 aromatic carbocycles. The molecule has 0 amide bonds. The summed E-state index contributed by atoms with van der Waals surface area (Å²) in [6.07, 6.45) is 1.02. The minimum Gasteiger partial charge on any atom is -0.379 e. The van der Waals surface area contributed by atoms with Crippen LogP contribution < -0.4 is 9.62 Å². The molecule has 6 nitrogen and oxygen atoms in total. The highest BCUT2D eigenvalue weighted by Gasteiger charge is 2.27. The number of anilines is 1. The van der Waals surface area contributed by atoms with E-state index in [2.05, 4.69) is 28.7 Å². The average molecular weight is 325 g/mol. The number of nitrogens with one attached hydrogen (secondary N) is 1. The van der Waals surface area contributed by atoms with Crippen molar-refractivity contribution in [3.05, 3.63) is 29.8 Å². The summed E-state index contributed by atoms with van der Waals surface area (Å²) in [4.78, 5) is 2.27. The minimum absolute atomic E-state index is 0.125. The first-order valence-electron chi connectivity index (χ1n) is 7.75. The average Bonchev–Trinajstić information content (AvgIpc) is 2.98. The zero-order chi connectivity index (χ0) is 15.6. The van der Waals surface area contributed by atoms with E-state index in [4.69, 9.17) is 4.74 Å². The molecule has 0 aliphatic carbocycles. The largest absolute Gasteiger partial charge is 0.379 e. The van der Waals surface area contributed by atoms with Crippen LogP contribution in [0.15, 0.2) is 24.3 Å². The van der Waals surface area contributed by atoms with Gasteiger partial charge >= 0.3 is 0 Å². The molecule has 1 aromatic rings. The fraction of sp³-hybridized carbons (Fsp3) is 0.600. The summed E-state index contributed by atoms with van der Waals surface area (Å²) >= 11 is 0. The third kappa shape index (κ3) is 3.27. The highest BCUT2D eigenvalue weighted by Crippen LogP contribution is 2.28. The monoisotopic (exact) mass is 325 g/mol. The van der Waals surface area contributed by atoms with E-state index in [-0.39, 0.29) is 6.04 Å². The molecule has 0 spiro atoms. The lowest BCUT2D eigenvalue weighted by atomic mass is 10.2. The van der Waals surface area contributed by atoms with Gasteiger partial charge in [0.1, 0.15) is 0 Å². The lowest BCUT2D eigenvalue weighted by Gasteiger charge is -2.30. The van der Waals surface area contributed by atoms with Gasteiger partial charge in [0.25, 0.3) is 10.2 Å². The number of hydrogen-bond acceptors (Lipinski definition) is 4. The molecular formula is C15H23N3O3S. The third-order valence-corrected chi connectivity index (χ3v) is 5.90. The summed E-state index contributed by atoms with van der Waals surface area (Å²) in [6.45, 7) is 5.20. The molecule has 122 valence electrons. The summed E-state index contributed by atoms with van der Waals surface area (Å²) in [7, 11) is -3.41. The Hall–Kier alpha value is -1.15. The first-order chi connectivity index (χ1) is 10.6. The van der Waals surface area contributed by atoms with Crippen LogP contribution in [0.1, 0.15) is 12.5 Å². The molecule has 2 aliphatic heterocycles. The molecule has 3 rings (SSSR count). The fourth-order valence-corrected chi connectivity index (χ4v) is 4.30. The van der Waals surface area contributed by atoms with E-state index in [0.29, 0.717) is 32.8 Å². The van der Waals surface area contributed by atoms with Gasteiger partial charge in [0, 0.05) is 37.9 Å². The number of rotatable bonds is 5. The maximum absolute atomic E-state index is 12.3. The van der Waals surface area contributed by atoms with Crippen LogP contribution in [0, 0.1) is 0 Å². The Morgan fingerprint density at radius 3 is 2.73 bits per heavy atom. The standard InChI is InChI=1S/C15H23N3O3S/c1-13(18-7-6-14-4-2-3-5-15(14)18)12-16-22(19,20)17-8-10-21-11-9-17/h2-5,13,16H,6-12H2,1H3/t13-/m0/s1. The van der Waals surface area contributed by atoms with E-state index in [1.54, 1.807) is 0 Å². The maximum Gasteiger partial charge on any atom is 0.279 e. The topological polar surface area (TPSA) is 61.9 Å². The van der Waals surface area contributed by atoms with Crippen molar-refractivity contribution in [2.24, 2.45) is 0 Å². The molecule has 2 heterocycles. The number of para-hydroxylation sites is 1. The van der Waals surface area contributed by atoms with Crippen LogP contribution in [0.5, 0.6) is 0 Å². The van der Waals surface area contributed by atoms with Crippen LogP contribution in [0.4, 0.5) is 5.69 Å². The van der Waals surface area contributed by atoms with Crippen LogP contribution in [0.2, 0.25) is 0 Å². The molecule has 1 atom stereocenters. The van der Waals surface area contributed by atoms with Gasteiger partial charge in [-0.1, -0.05) is 18.2 Å². The minimum atomic E-state index is -3.41. The van der Waals surface area contributed by atoms with Gasteiger partial charge in [-0.3, -0.25) is 0 Å². The van der Waals surface area contributed by atoms with Crippen LogP contribution in [0.25, 0.3) is 0 Å². The molecule has 2 aliphatic rings. The highest BCUT2D eigenvalue weighted by molar-refractivity contribution is 7.87. The second kappa shape index (κ2) is 6.54. The molecule has 22 heavy (non-hydrogen) atoms. The Morgan fingerprint density at radius 2 is 1.95 bits per heavy atom. The number of fused-ring (bicyclic) bond motifs is 1. The molecule has 1 fully saturated rings. The van der Waals surface area contributed by atoms with Gasteiger partial charge in [0.05, 0.1) is 13.2 Å². The lowest BCUT2D eigenvalue weighted by Crippen LogP contribution is -2.50. The van der Waals surface area contributed by atoms with Crippen molar-refractivity contribution in [2.75, 3.05) is 44.3 Å². The number of benzene rings is 1. The first-order valence-corrected chi connectivity index (χ1v) is 9.19. The third-order valence-electron chi connectivity index (χ3n) is 4.33. The first kappa shape index (κ1) is 15.7. The molecule has 0 bridgehead atoms. The molecule has 7 heteroatoms. The second-order valence-corrected chi connectivity index (χ2v) is 7.54. The SMILES string of the molecule is C[C@@H](CNS(=O)(=O)N1CCOCC1)N1CCc2ccccc21. The zero-order valence-electron chi connectivity index (χ0n) is 12.9. The number of nitrogens with zero attached hydrogens (tertiary/aromatic N) is 2. The number of ether oxygens (including phenoxy) is 1. The van der Waals surface area contributed by atoms with Crippen molar-refractivity contribution in [1.82, 2.24) is 9.03 Å². The molecule has 0 saturated carbocycles. The summed E-state index contributed by atoms with van der Waals surface area (Å²) in [6, 6.07) is 8.45. The predicted octanol–water partition coefficient (Wildman–Crippen LogP) is 0.604. The van der Waals surface area contributed by atoms with Gasteiger partial charge in [-0.2, -0.15) is 12.7 Å². The summed E-state index contributed by atoms with van der Waals surface area (Å²) in [5.74, 6) is 0. The van der Waals surface area contributed by atoms with E-state index < -0.39 is 10.2 Å². The van der Waals surface area contributed by atoms with Crippen molar-refractivity contribution < 1.29 is 13.2 Å². The van der Waals surface area contributed by atoms with Crippen LogP contribution in [0.3, 0.4) is 0 Å². The fourth-order valence-electron chi connectivity index (χ4n) is 3.04. The Balaban J connectivity index is 1.60. The van der Waals surface area contributed by atoms with Gasteiger partial charge in [0.2, 0.25) is 0 Å². The van der Waals surface area contributed by atoms with Gasteiger partial charge < -0.3 is 9.64 Å². The Bertz CT molecular complexity index is 614. The van der Waals surface area contributed by atoms with E-state index in [1.165, 1.54) is 15.6 Å². The molecule has 0 radical (unpaired) electrons. The molecule has 0 aromatic heterocycles. The predicted molar refractivity (Wildman–Crippen MR) is 86.3 cm³/mol. The van der Waals surface area contributed by atoms with Gasteiger partial charge in [-0.15, -0.1) is 0 Å². The van der Waals surface area contributed by atoms with Crippen molar-refractivity contribution in [3.8, 4) is 0 Å². The summed E-state index contributed by atoms with van der Waals surface area (Å²) < 4.78 is 34.0. The van der Waals surface area contributed by atoms with Crippen LogP contribution in [-0.2, 0) is 21.4 Å². The maximum atomic E-state index is 12.3. The van der Waals surface area contributed by atoms with Crippen molar-refractivity contribution in [2.45, 2.75) is 19.4 Å². The smallest absolute Gasteiger partial charge is 0.279 e. The van der Waals surface area contributed by atoms with Crippen LogP contribution in [-0.4, -0.2) is 58.2 Å². The zero-order valence-corrected chi connectivity index (χ0v) is 13.7. The summed E-state index contributed by atoms with van der Waals surface area (Å²) in [5, 5.41) is 0. The molecule has 0 unspecified atom stereocenters. The van der Waals surface area contributed by atoms with E-state index in [1.807, 2.05) is 12.1 Å². The van der Waals surface area contributed by atoms with Crippen LogP contribution >= 0.6 is 0 Å². The summed E-state index contributed by atoms with van der Waals surface area (Å²) in [5.41, 5.74) is 2.56. The molecule has 1 saturated heterocycles. The van der Waals surface area contributed by atoms with E-state index >= 15 is 0 Å². The van der Waals surface area contributed by atoms with Crippen molar-refractivity contribution >= 4 is 15.9 Å². The Labute approximate surface area is 132 Å².